The van der Waals surface area contributed by atoms with E-state index in [-0.39, 0.29) is 16.8 Å². The van der Waals surface area contributed by atoms with Gasteiger partial charge in [0.15, 0.2) is 0 Å². The minimum atomic E-state index is -0.450. The van der Waals surface area contributed by atoms with E-state index >= 15 is 0 Å². The fourth-order valence-corrected chi connectivity index (χ4v) is 2.83. The van der Waals surface area contributed by atoms with Crippen molar-refractivity contribution in [3.63, 3.8) is 0 Å². The summed E-state index contributed by atoms with van der Waals surface area (Å²) in [6, 6.07) is 4.93. The molecule has 0 saturated carbocycles. The molecule has 1 rings (SSSR count). The van der Waals surface area contributed by atoms with Crippen molar-refractivity contribution < 1.29 is 4.92 Å². The summed E-state index contributed by atoms with van der Waals surface area (Å²) in [6.07, 6.45) is 0. The summed E-state index contributed by atoms with van der Waals surface area (Å²) in [6.45, 7) is 10.8. The number of halogens is 1. The van der Waals surface area contributed by atoms with Crippen LogP contribution in [-0.2, 0) is 0 Å². The maximum absolute atomic E-state index is 11.1. The molecule has 1 aromatic rings. The van der Waals surface area contributed by atoms with Crippen LogP contribution in [0.5, 0.6) is 0 Å². The molecule has 1 unspecified atom stereocenters. The molecule has 0 aliphatic heterocycles. The van der Waals surface area contributed by atoms with Gasteiger partial charge >= 0.3 is 0 Å². The summed E-state index contributed by atoms with van der Waals surface area (Å²) in [7, 11) is 0. The van der Waals surface area contributed by atoms with Gasteiger partial charge in [0.1, 0.15) is 5.02 Å². The van der Waals surface area contributed by atoms with Crippen LogP contribution in [0.25, 0.3) is 0 Å². The second kappa shape index (κ2) is 8.46. The Morgan fingerprint density at radius 1 is 1.23 bits per heavy atom. The molecule has 0 radical (unpaired) electrons. The molecule has 0 amide bonds. The molecule has 6 heteroatoms. The predicted molar refractivity (Wildman–Crippen MR) is 91.2 cm³/mol. The van der Waals surface area contributed by atoms with Crippen molar-refractivity contribution >= 4 is 17.3 Å². The molecule has 0 aliphatic carbocycles. The van der Waals surface area contributed by atoms with Gasteiger partial charge in [-0.25, -0.2) is 0 Å². The first-order chi connectivity index (χ1) is 10.3. The second-order valence-electron chi connectivity index (χ2n) is 6.46. The molecule has 0 heterocycles. The summed E-state index contributed by atoms with van der Waals surface area (Å²) in [4.78, 5) is 12.9. The quantitative estimate of drug-likeness (QED) is 0.581. The molecule has 0 aromatic heterocycles. The maximum Gasteiger partial charge on any atom is 0.288 e. The summed E-state index contributed by atoms with van der Waals surface area (Å²) in [5.74, 6) is 0.991. The third kappa shape index (κ3) is 5.23. The fraction of sp³-hybridized carbons (Fsp3) is 0.625. The molecular formula is C16H26ClN3O2. The van der Waals surface area contributed by atoms with Crippen LogP contribution >= 0.6 is 11.6 Å². The Bertz CT molecular complexity index is 496. The largest absolute Gasteiger partial charge is 0.329 e. The minimum absolute atomic E-state index is 0.0410. The average molecular weight is 328 g/mol. The number of nitro benzene ring substituents is 1. The first-order valence-electron chi connectivity index (χ1n) is 7.64. The van der Waals surface area contributed by atoms with Crippen molar-refractivity contribution in [3.05, 3.63) is 38.9 Å². The number of nitrogens with zero attached hydrogens (tertiary/aromatic N) is 2. The second-order valence-corrected chi connectivity index (χ2v) is 6.87. The first kappa shape index (κ1) is 18.9. The highest BCUT2D eigenvalue weighted by Gasteiger charge is 2.23. The van der Waals surface area contributed by atoms with Crippen LogP contribution in [0.1, 0.15) is 39.3 Å². The smallest absolute Gasteiger partial charge is 0.288 e. The molecule has 0 saturated heterocycles. The van der Waals surface area contributed by atoms with E-state index in [2.05, 4.69) is 32.6 Å². The van der Waals surface area contributed by atoms with Crippen LogP contribution in [0.15, 0.2) is 18.2 Å². The van der Waals surface area contributed by atoms with E-state index in [4.69, 9.17) is 17.3 Å². The van der Waals surface area contributed by atoms with Gasteiger partial charge in [-0.05, 0) is 23.5 Å². The number of rotatable bonds is 8. The Balaban J connectivity index is 3.15. The highest BCUT2D eigenvalue weighted by Crippen LogP contribution is 2.30. The van der Waals surface area contributed by atoms with E-state index in [1.54, 1.807) is 12.1 Å². The van der Waals surface area contributed by atoms with E-state index < -0.39 is 4.92 Å². The monoisotopic (exact) mass is 327 g/mol. The van der Waals surface area contributed by atoms with Crippen molar-refractivity contribution in [2.75, 3.05) is 19.6 Å². The van der Waals surface area contributed by atoms with Gasteiger partial charge in [0.05, 0.1) is 4.92 Å². The standard InChI is InChI=1S/C16H26ClN3O2/c1-11(2)9-19(10-12(3)4)16(8-18)13-5-6-14(17)15(7-13)20(21)22/h5-7,11-12,16H,8-10,18H2,1-4H3. The first-order valence-corrected chi connectivity index (χ1v) is 8.02. The SMILES string of the molecule is CC(C)CN(CC(C)C)C(CN)c1ccc(Cl)c([N+](=O)[O-])c1. The van der Waals surface area contributed by atoms with Gasteiger partial charge in [-0.3, -0.25) is 15.0 Å². The van der Waals surface area contributed by atoms with Crippen molar-refractivity contribution in [1.82, 2.24) is 4.90 Å². The van der Waals surface area contributed by atoms with Crippen LogP contribution in [0, 0.1) is 22.0 Å². The van der Waals surface area contributed by atoms with E-state index in [0.29, 0.717) is 18.4 Å². The normalized spacial score (nSPS) is 13.1. The lowest BCUT2D eigenvalue weighted by Gasteiger charge is -2.34. The molecule has 0 bridgehead atoms. The van der Waals surface area contributed by atoms with E-state index in [0.717, 1.165) is 18.7 Å². The van der Waals surface area contributed by atoms with E-state index in [1.807, 2.05) is 6.07 Å². The summed E-state index contributed by atoms with van der Waals surface area (Å²) < 4.78 is 0. The molecule has 5 nitrogen and oxygen atoms in total. The average Bonchev–Trinajstić information content (AvgIpc) is 2.39. The number of hydrogen-bond acceptors (Lipinski definition) is 4. The highest BCUT2D eigenvalue weighted by molar-refractivity contribution is 6.32. The van der Waals surface area contributed by atoms with Gasteiger partial charge in [0.2, 0.25) is 0 Å². The topological polar surface area (TPSA) is 72.4 Å². The molecule has 1 atom stereocenters. The Morgan fingerprint density at radius 3 is 2.18 bits per heavy atom. The fourth-order valence-electron chi connectivity index (χ4n) is 2.64. The summed E-state index contributed by atoms with van der Waals surface area (Å²) in [5.41, 5.74) is 6.76. The lowest BCUT2D eigenvalue weighted by Crippen LogP contribution is -2.38. The lowest BCUT2D eigenvalue weighted by molar-refractivity contribution is -0.384. The van der Waals surface area contributed by atoms with Gasteiger partial charge in [-0.2, -0.15) is 0 Å². The zero-order valence-corrected chi connectivity index (χ0v) is 14.5. The Kier molecular flexibility index (Phi) is 7.26. The number of hydrogen-bond donors (Lipinski definition) is 1. The summed E-state index contributed by atoms with van der Waals surface area (Å²) in [5, 5.41) is 11.2. The molecular weight excluding hydrogens is 302 g/mol. The van der Waals surface area contributed by atoms with Gasteiger partial charge in [0, 0.05) is 31.7 Å². The van der Waals surface area contributed by atoms with Crippen LogP contribution in [0.2, 0.25) is 5.02 Å². The number of nitro groups is 1. The zero-order chi connectivity index (χ0) is 16.9. The van der Waals surface area contributed by atoms with Crippen molar-refractivity contribution in [3.8, 4) is 0 Å². The van der Waals surface area contributed by atoms with Crippen LogP contribution in [-0.4, -0.2) is 29.5 Å². The molecule has 0 fully saturated rings. The highest BCUT2D eigenvalue weighted by atomic mass is 35.5. The Hall–Kier alpha value is -1.17. The Morgan fingerprint density at radius 2 is 1.77 bits per heavy atom. The van der Waals surface area contributed by atoms with E-state index in [1.165, 1.54) is 0 Å². The lowest BCUT2D eigenvalue weighted by atomic mass is 10.0. The molecule has 22 heavy (non-hydrogen) atoms. The minimum Gasteiger partial charge on any atom is -0.329 e. The van der Waals surface area contributed by atoms with Gasteiger partial charge in [-0.15, -0.1) is 0 Å². The zero-order valence-electron chi connectivity index (χ0n) is 13.8. The van der Waals surface area contributed by atoms with Gasteiger partial charge in [0.25, 0.3) is 5.69 Å². The molecule has 124 valence electrons. The van der Waals surface area contributed by atoms with Crippen LogP contribution in [0.3, 0.4) is 0 Å². The van der Waals surface area contributed by atoms with E-state index in [9.17, 15) is 10.1 Å². The van der Waals surface area contributed by atoms with Gasteiger partial charge in [-0.1, -0.05) is 45.4 Å². The molecule has 1 aromatic carbocycles. The van der Waals surface area contributed by atoms with Crippen LogP contribution < -0.4 is 5.73 Å². The third-order valence-corrected chi connectivity index (χ3v) is 3.73. The van der Waals surface area contributed by atoms with Gasteiger partial charge < -0.3 is 5.73 Å². The van der Waals surface area contributed by atoms with Crippen LogP contribution in [0.4, 0.5) is 5.69 Å². The Labute approximate surface area is 137 Å². The number of nitrogens with two attached hydrogens (primary N) is 1. The van der Waals surface area contributed by atoms with Crippen molar-refractivity contribution in [1.29, 1.82) is 0 Å². The molecule has 0 spiro atoms. The summed E-state index contributed by atoms with van der Waals surface area (Å²) >= 11 is 5.90. The number of benzene rings is 1. The van der Waals surface area contributed by atoms with Crippen molar-refractivity contribution in [2.24, 2.45) is 17.6 Å². The maximum atomic E-state index is 11.1. The molecule has 0 aliphatic rings. The third-order valence-electron chi connectivity index (χ3n) is 3.42. The molecule has 2 N–H and O–H groups in total. The predicted octanol–water partition coefficient (Wildman–Crippen LogP) is 3.86. The van der Waals surface area contributed by atoms with Crippen molar-refractivity contribution in [2.45, 2.75) is 33.7 Å².